The number of rotatable bonds is 6. The number of hydrogen-bond donors (Lipinski definition) is 2. The lowest BCUT2D eigenvalue weighted by atomic mass is 10.1. The SMILES string of the molecule is CN1N=C(C(=O)NCCNc2nnnn2-c2ccccc2)CCC1=O. The molecule has 2 aromatic rings. The zero-order valence-electron chi connectivity index (χ0n) is 13.7. The summed E-state index contributed by atoms with van der Waals surface area (Å²) in [4.78, 5) is 23.4. The van der Waals surface area contributed by atoms with E-state index in [4.69, 9.17) is 0 Å². The summed E-state index contributed by atoms with van der Waals surface area (Å²) in [7, 11) is 1.54. The van der Waals surface area contributed by atoms with Crippen LogP contribution in [0.15, 0.2) is 35.4 Å². The quantitative estimate of drug-likeness (QED) is 0.702. The highest BCUT2D eigenvalue weighted by Gasteiger charge is 2.21. The van der Waals surface area contributed by atoms with Crippen molar-refractivity contribution in [3.8, 4) is 5.69 Å². The molecule has 3 rings (SSSR count). The minimum absolute atomic E-state index is 0.0917. The Hall–Kier alpha value is -3.30. The molecule has 1 aliphatic heterocycles. The zero-order chi connectivity index (χ0) is 17.6. The minimum Gasteiger partial charge on any atom is -0.351 e. The van der Waals surface area contributed by atoms with Crippen molar-refractivity contribution < 1.29 is 9.59 Å². The summed E-state index contributed by atoms with van der Waals surface area (Å²) in [6.07, 6.45) is 0.654. The molecule has 130 valence electrons. The van der Waals surface area contributed by atoms with Crippen LogP contribution < -0.4 is 10.6 Å². The van der Waals surface area contributed by atoms with Crippen LogP contribution in [-0.4, -0.2) is 62.9 Å². The van der Waals surface area contributed by atoms with E-state index in [9.17, 15) is 9.59 Å². The van der Waals surface area contributed by atoms with Crippen molar-refractivity contribution in [1.29, 1.82) is 0 Å². The molecule has 2 N–H and O–H groups in total. The average molecular weight is 342 g/mol. The van der Waals surface area contributed by atoms with Gasteiger partial charge >= 0.3 is 0 Å². The fraction of sp³-hybridized carbons (Fsp3) is 0.333. The van der Waals surface area contributed by atoms with Gasteiger partial charge in [0.1, 0.15) is 5.71 Å². The molecule has 1 aromatic carbocycles. The number of benzene rings is 1. The number of nitrogens with one attached hydrogen (secondary N) is 2. The molecule has 0 atom stereocenters. The zero-order valence-corrected chi connectivity index (χ0v) is 13.7. The third kappa shape index (κ3) is 3.97. The number of tetrazole rings is 1. The molecule has 10 nitrogen and oxygen atoms in total. The monoisotopic (exact) mass is 342 g/mol. The van der Waals surface area contributed by atoms with Crippen molar-refractivity contribution in [2.75, 3.05) is 25.5 Å². The first-order valence-corrected chi connectivity index (χ1v) is 7.85. The van der Waals surface area contributed by atoms with Gasteiger partial charge in [-0.3, -0.25) is 9.59 Å². The van der Waals surface area contributed by atoms with Gasteiger partial charge in [-0.1, -0.05) is 23.3 Å². The Morgan fingerprint density at radius 2 is 2.00 bits per heavy atom. The Bertz CT molecular complexity index is 786. The van der Waals surface area contributed by atoms with Crippen LogP contribution in [0.1, 0.15) is 12.8 Å². The fourth-order valence-electron chi connectivity index (χ4n) is 2.33. The van der Waals surface area contributed by atoms with Gasteiger partial charge in [0.25, 0.3) is 5.91 Å². The van der Waals surface area contributed by atoms with Crippen molar-refractivity contribution in [3.05, 3.63) is 30.3 Å². The van der Waals surface area contributed by atoms with Crippen LogP contribution in [0.3, 0.4) is 0 Å². The number of hydrazone groups is 1. The number of amides is 2. The van der Waals surface area contributed by atoms with Gasteiger partial charge < -0.3 is 10.6 Å². The third-order valence-corrected chi connectivity index (χ3v) is 3.63. The summed E-state index contributed by atoms with van der Waals surface area (Å²) in [5.74, 6) is 0.121. The summed E-state index contributed by atoms with van der Waals surface area (Å²) < 4.78 is 1.58. The van der Waals surface area contributed by atoms with Gasteiger partial charge in [-0.15, -0.1) is 0 Å². The normalized spacial score (nSPS) is 14.2. The standard InChI is InChI=1S/C15H18N8O2/c1-22-13(24)8-7-12(19-22)14(25)16-9-10-17-15-18-20-21-23(15)11-5-3-2-4-6-11/h2-6H,7-10H2,1H3,(H,16,25)(H,17,18,21). The number of aromatic nitrogens is 4. The van der Waals surface area contributed by atoms with Crippen molar-refractivity contribution in [2.45, 2.75) is 12.8 Å². The summed E-state index contributed by atoms with van der Waals surface area (Å²) in [5.41, 5.74) is 1.19. The van der Waals surface area contributed by atoms with Crippen LogP contribution in [0.2, 0.25) is 0 Å². The molecule has 0 saturated carbocycles. The molecule has 0 radical (unpaired) electrons. The molecule has 25 heavy (non-hydrogen) atoms. The van der Waals surface area contributed by atoms with Crippen molar-refractivity contribution >= 4 is 23.5 Å². The maximum absolute atomic E-state index is 12.0. The van der Waals surface area contributed by atoms with Crippen molar-refractivity contribution in [1.82, 2.24) is 30.5 Å². The van der Waals surface area contributed by atoms with E-state index < -0.39 is 0 Å². The van der Waals surface area contributed by atoms with E-state index in [1.807, 2.05) is 30.3 Å². The largest absolute Gasteiger partial charge is 0.351 e. The van der Waals surface area contributed by atoms with Crippen LogP contribution in [0.25, 0.3) is 5.69 Å². The summed E-state index contributed by atoms with van der Waals surface area (Å²) in [5, 5.41) is 22.5. The predicted octanol–water partition coefficient (Wildman–Crippen LogP) is -0.201. The Balaban J connectivity index is 1.50. The van der Waals surface area contributed by atoms with Crippen LogP contribution in [0.5, 0.6) is 0 Å². The summed E-state index contributed by atoms with van der Waals surface area (Å²) >= 11 is 0. The van der Waals surface area contributed by atoms with Gasteiger partial charge in [-0.05, 0) is 22.6 Å². The van der Waals surface area contributed by atoms with Gasteiger partial charge in [-0.2, -0.15) is 9.78 Å². The van der Waals surface area contributed by atoms with E-state index in [1.54, 1.807) is 11.7 Å². The lowest BCUT2D eigenvalue weighted by molar-refractivity contribution is -0.130. The second-order valence-corrected chi connectivity index (χ2v) is 5.40. The maximum atomic E-state index is 12.0. The Morgan fingerprint density at radius 3 is 2.76 bits per heavy atom. The van der Waals surface area contributed by atoms with Gasteiger partial charge in [-0.25, -0.2) is 5.01 Å². The molecular formula is C15H18N8O2. The average Bonchev–Trinajstić information content (AvgIpc) is 3.10. The Kier molecular flexibility index (Phi) is 4.97. The first-order valence-electron chi connectivity index (χ1n) is 7.85. The molecule has 0 unspecified atom stereocenters. The molecule has 0 fully saturated rings. The summed E-state index contributed by atoms with van der Waals surface area (Å²) in [6.45, 7) is 0.818. The number of nitrogens with zero attached hydrogens (tertiary/aromatic N) is 6. The van der Waals surface area contributed by atoms with Crippen LogP contribution in [0, 0.1) is 0 Å². The molecule has 0 aliphatic carbocycles. The van der Waals surface area contributed by atoms with Crippen molar-refractivity contribution in [3.63, 3.8) is 0 Å². The molecule has 1 aromatic heterocycles. The topological polar surface area (TPSA) is 117 Å². The smallest absolute Gasteiger partial charge is 0.267 e. The van der Waals surface area contributed by atoms with Crippen LogP contribution in [-0.2, 0) is 9.59 Å². The van der Waals surface area contributed by atoms with Gasteiger partial charge in [0.05, 0.1) is 5.69 Å². The number of para-hydroxylation sites is 1. The highest BCUT2D eigenvalue weighted by Crippen LogP contribution is 2.10. The number of hydrogen-bond acceptors (Lipinski definition) is 7. The second kappa shape index (κ2) is 7.51. The molecule has 0 spiro atoms. The molecule has 1 aliphatic rings. The molecular weight excluding hydrogens is 324 g/mol. The second-order valence-electron chi connectivity index (χ2n) is 5.40. The van der Waals surface area contributed by atoms with Crippen LogP contribution in [0.4, 0.5) is 5.95 Å². The van der Waals surface area contributed by atoms with Crippen LogP contribution >= 0.6 is 0 Å². The Labute approximate surface area is 143 Å². The highest BCUT2D eigenvalue weighted by atomic mass is 16.2. The molecule has 10 heteroatoms. The van der Waals surface area contributed by atoms with E-state index in [0.29, 0.717) is 37.6 Å². The molecule has 0 bridgehead atoms. The van der Waals surface area contributed by atoms with Gasteiger partial charge in [0.2, 0.25) is 11.9 Å². The van der Waals surface area contributed by atoms with E-state index in [1.165, 1.54) is 5.01 Å². The van der Waals surface area contributed by atoms with E-state index in [0.717, 1.165) is 5.69 Å². The van der Waals surface area contributed by atoms with Gasteiger partial charge in [0.15, 0.2) is 0 Å². The maximum Gasteiger partial charge on any atom is 0.267 e. The van der Waals surface area contributed by atoms with E-state index in [2.05, 4.69) is 31.3 Å². The van der Waals surface area contributed by atoms with E-state index in [-0.39, 0.29) is 11.8 Å². The van der Waals surface area contributed by atoms with Crippen molar-refractivity contribution in [2.24, 2.45) is 5.10 Å². The third-order valence-electron chi connectivity index (χ3n) is 3.63. The number of carbonyl (C=O) groups excluding carboxylic acids is 2. The molecule has 2 heterocycles. The summed E-state index contributed by atoms with van der Waals surface area (Å²) in [6, 6.07) is 9.49. The van der Waals surface area contributed by atoms with E-state index >= 15 is 0 Å². The Morgan fingerprint density at radius 1 is 1.20 bits per heavy atom. The number of anilines is 1. The minimum atomic E-state index is -0.274. The molecule has 2 amide bonds. The first-order chi connectivity index (χ1) is 12.1. The lowest BCUT2D eigenvalue weighted by Crippen LogP contribution is -2.39. The molecule has 0 saturated heterocycles. The first kappa shape index (κ1) is 16.6. The highest BCUT2D eigenvalue weighted by molar-refractivity contribution is 6.39. The fourth-order valence-corrected chi connectivity index (χ4v) is 2.33. The number of carbonyl (C=O) groups is 2. The van der Waals surface area contributed by atoms with Gasteiger partial charge in [0, 0.05) is 33.0 Å². The lowest BCUT2D eigenvalue weighted by Gasteiger charge is -2.18. The predicted molar refractivity (Wildman–Crippen MR) is 90.1 cm³/mol.